The van der Waals surface area contributed by atoms with Crippen LogP contribution in [0.15, 0.2) is 29.3 Å². The summed E-state index contributed by atoms with van der Waals surface area (Å²) in [7, 11) is 1.62. The van der Waals surface area contributed by atoms with Gasteiger partial charge in [0.2, 0.25) is 0 Å². The van der Waals surface area contributed by atoms with E-state index in [9.17, 15) is 9.90 Å². The molecule has 1 amide bonds. The predicted molar refractivity (Wildman–Crippen MR) is 107 cm³/mol. The molecule has 6 heteroatoms. The Morgan fingerprint density at radius 1 is 1.19 bits per heavy atom. The molecular formula is C20H34N4O2. The van der Waals surface area contributed by atoms with Crippen LogP contribution in [0.5, 0.6) is 0 Å². The van der Waals surface area contributed by atoms with Crippen molar-refractivity contribution in [1.29, 1.82) is 0 Å². The molecule has 1 unspecified atom stereocenters. The van der Waals surface area contributed by atoms with E-state index in [2.05, 4.69) is 34.8 Å². The van der Waals surface area contributed by atoms with Crippen LogP contribution in [0.25, 0.3) is 0 Å². The summed E-state index contributed by atoms with van der Waals surface area (Å²) in [6, 6.07) is 7.46. The average molecular weight is 363 g/mol. The minimum atomic E-state index is -0.0878. The summed E-state index contributed by atoms with van der Waals surface area (Å²) >= 11 is 0. The molecule has 0 aliphatic rings. The Labute approximate surface area is 157 Å². The maximum absolute atomic E-state index is 11.6. The van der Waals surface area contributed by atoms with Crippen LogP contribution in [0.3, 0.4) is 0 Å². The zero-order valence-corrected chi connectivity index (χ0v) is 16.5. The topological polar surface area (TPSA) is 85.8 Å². The number of carbonyl (C=O) groups excluding carboxylic acids is 1. The number of nitrogens with zero attached hydrogens (tertiary/aromatic N) is 1. The predicted octanol–water partition coefficient (Wildman–Crippen LogP) is 2.15. The lowest BCUT2D eigenvalue weighted by molar-refractivity contribution is 0.0963. The summed E-state index contributed by atoms with van der Waals surface area (Å²) in [5.74, 6) is 1.71. The number of guanidine groups is 1. The molecule has 1 aromatic carbocycles. The monoisotopic (exact) mass is 362 g/mol. The van der Waals surface area contributed by atoms with Crippen molar-refractivity contribution < 1.29 is 9.90 Å². The summed E-state index contributed by atoms with van der Waals surface area (Å²) in [4.78, 5) is 16.2. The van der Waals surface area contributed by atoms with Gasteiger partial charge in [0.15, 0.2) is 5.96 Å². The molecule has 0 saturated carbocycles. The third-order valence-electron chi connectivity index (χ3n) is 4.11. The van der Waals surface area contributed by atoms with E-state index < -0.39 is 0 Å². The molecule has 0 heterocycles. The summed E-state index contributed by atoms with van der Waals surface area (Å²) in [5, 5.41) is 18.5. The smallest absolute Gasteiger partial charge is 0.251 e. The van der Waals surface area contributed by atoms with Crippen molar-refractivity contribution in [1.82, 2.24) is 16.0 Å². The van der Waals surface area contributed by atoms with Crippen LogP contribution >= 0.6 is 0 Å². The van der Waals surface area contributed by atoms with E-state index in [1.165, 1.54) is 0 Å². The highest BCUT2D eigenvalue weighted by Gasteiger charge is 2.11. The first-order chi connectivity index (χ1) is 12.5. The van der Waals surface area contributed by atoms with Crippen LogP contribution in [0, 0.1) is 11.8 Å². The molecule has 0 aliphatic carbocycles. The summed E-state index contributed by atoms with van der Waals surface area (Å²) < 4.78 is 0. The van der Waals surface area contributed by atoms with Crippen molar-refractivity contribution in [3.05, 3.63) is 35.4 Å². The zero-order chi connectivity index (χ0) is 19.4. The Morgan fingerprint density at radius 3 is 2.42 bits per heavy atom. The van der Waals surface area contributed by atoms with Gasteiger partial charge in [0.25, 0.3) is 5.91 Å². The van der Waals surface area contributed by atoms with Gasteiger partial charge >= 0.3 is 0 Å². The lowest BCUT2D eigenvalue weighted by Crippen LogP contribution is -2.40. The number of carbonyl (C=O) groups is 1. The second-order valence-electron chi connectivity index (χ2n) is 6.86. The quantitative estimate of drug-likeness (QED) is 0.379. The number of nitrogens with one attached hydrogen (secondary N) is 3. The molecule has 1 aromatic rings. The molecule has 0 bridgehead atoms. The fraction of sp³-hybridized carbons (Fsp3) is 0.600. The van der Waals surface area contributed by atoms with Crippen molar-refractivity contribution in [2.45, 2.75) is 40.2 Å². The molecule has 1 rings (SSSR count). The van der Waals surface area contributed by atoms with E-state index in [0.29, 0.717) is 23.9 Å². The molecular weight excluding hydrogens is 328 g/mol. The van der Waals surface area contributed by atoms with Crippen LogP contribution in [-0.4, -0.2) is 43.7 Å². The van der Waals surface area contributed by atoms with Gasteiger partial charge < -0.3 is 21.1 Å². The first-order valence-electron chi connectivity index (χ1n) is 9.44. The molecule has 0 spiro atoms. The summed E-state index contributed by atoms with van der Waals surface area (Å²) in [5.41, 5.74) is 1.69. The minimum absolute atomic E-state index is 0.0878. The number of amides is 1. The molecule has 0 aromatic heterocycles. The molecule has 146 valence electrons. The number of aliphatic hydroxyl groups is 1. The van der Waals surface area contributed by atoms with Gasteiger partial charge in [-0.1, -0.05) is 26.0 Å². The Kier molecular flexibility index (Phi) is 10.4. The molecule has 0 aliphatic heterocycles. The van der Waals surface area contributed by atoms with Crippen LogP contribution in [-0.2, 0) is 6.54 Å². The molecule has 0 fully saturated rings. The van der Waals surface area contributed by atoms with Crippen molar-refractivity contribution in [2.24, 2.45) is 16.8 Å². The summed E-state index contributed by atoms with van der Waals surface area (Å²) in [6.07, 6.45) is 1.87. The number of rotatable bonds is 10. The number of aliphatic imine (C=N–C) groups is 1. The van der Waals surface area contributed by atoms with E-state index in [4.69, 9.17) is 0 Å². The molecule has 1 atom stereocenters. The standard InChI is InChI=1S/C20H34N4O2/c1-5-22-20(24-14-17(10-11-25)12-15(2)3)23-13-16-6-8-18(9-7-16)19(26)21-4/h6-9,15,17,25H,5,10-14H2,1-4H3,(H,21,26)(H2,22,23,24). The van der Waals surface area contributed by atoms with Gasteiger partial charge in [-0.15, -0.1) is 0 Å². The van der Waals surface area contributed by atoms with Crippen molar-refractivity contribution in [3.8, 4) is 0 Å². The maximum atomic E-state index is 11.6. The van der Waals surface area contributed by atoms with Gasteiger partial charge in [-0.05, 0) is 49.3 Å². The number of aliphatic hydroxyl groups excluding tert-OH is 1. The summed E-state index contributed by atoms with van der Waals surface area (Å²) in [6.45, 7) is 8.77. The van der Waals surface area contributed by atoms with Gasteiger partial charge in [-0.3, -0.25) is 4.79 Å². The minimum Gasteiger partial charge on any atom is -0.396 e. The van der Waals surface area contributed by atoms with Gasteiger partial charge in [0, 0.05) is 32.3 Å². The van der Waals surface area contributed by atoms with Crippen molar-refractivity contribution in [2.75, 3.05) is 26.7 Å². The fourth-order valence-corrected chi connectivity index (χ4v) is 2.81. The highest BCUT2D eigenvalue weighted by Crippen LogP contribution is 2.14. The Bertz CT molecular complexity index is 555. The normalized spacial score (nSPS) is 12.8. The molecule has 0 saturated heterocycles. The van der Waals surface area contributed by atoms with Gasteiger partial charge in [0.05, 0.1) is 6.54 Å². The molecule has 26 heavy (non-hydrogen) atoms. The second kappa shape index (κ2) is 12.3. The van der Waals surface area contributed by atoms with Crippen molar-refractivity contribution >= 4 is 11.9 Å². The lowest BCUT2D eigenvalue weighted by Gasteiger charge is -2.20. The highest BCUT2D eigenvalue weighted by molar-refractivity contribution is 5.93. The first-order valence-corrected chi connectivity index (χ1v) is 9.44. The van der Waals surface area contributed by atoms with Crippen LogP contribution < -0.4 is 16.0 Å². The van der Waals surface area contributed by atoms with Gasteiger partial charge in [-0.2, -0.15) is 0 Å². The zero-order valence-electron chi connectivity index (χ0n) is 16.5. The molecule has 6 nitrogen and oxygen atoms in total. The Balaban J connectivity index is 2.65. The Morgan fingerprint density at radius 2 is 1.88 bits per heavy atom. The second-order valence-corrected chi connectivity index (χ2v) is 6.86. The average Bonchev–Trinajstić information content (AvgIpc) is 2.63. The molecule has 0 radical (unpaired) electrons. The lowest BCUT2D eigenvalue weighted by atomic mass is 9.94. The van der Waals surface area contributed by atoms with E-state index >= 15 is 0 Å². The number of hydrogen-bond acceptors (Lipinski definition) is 3. The van der Waals surface area contributed by atoms with E-state index in [1.807, 2.05) is 31.2 Å². The van der Waals surface area contributed by atoms with Gasteiger partial charge in [-0.25, -0.2) is 4.99 Å². The van der Waals surface area contributed by atoms with E-state index in [1.54, 1.807) is 7.05 Å². The van der Waals surface area contributed by atoms with Crippen LogP contribution in [0.2, 0.25) is 0 Å². The van der Waals surface area contributed by atoms with Gasteiger partial charge in [0.1, 0.15) is 0 Å². The van der Waals surface area contributed by atoms with Crippen LogP contribution in [0.4, 0.5) is 0 Å². The SMILES string of the molecule is CCNC(=NCc1ccc(C(=O)NC)cc1)NCC(CCO)CC(C)C. The van der Waals surface area contributed by atoms with Crippen LogP contribution in [0.1, 0.15) is 49.5 Å². The van der Waals surface area contributed by atoms with E-state index in [-0.39, 0.29) is 12.5 Å². The number of benzene rings is 1. The van der Waals surface area contributed by atoms with Crippen molar-refractivity contribution in [3.63, 3.8) is 0 Å². The van der Waals surface area contributed by atoms with E-state index in [0.717, 1.165) is 37.5 Å². The third kappa shape index (κ3) is 8.34. The highest BCUT2D eigenvalue weighted by atomic mass is 16.3. The number of hydrogen-bond donors (Lipinski definition) is 4. The Hall–Kier alpha value is -2.08. The largest absolute Gasteiger partial charge is 0.396 e. The molecule has 4 N–H and O–H groups in total. The maximum Gasteiger partial charge on any atom is 0.251 e. The first kappa shape index (κ1) is 22.0. The fourth-order valence-electron chi connectivity index (χ4n) is 2.81. The third-order valence-corrected chi connectivity index (χ3v) is 4.11.